The van der Waals surface area contributed by atoms with Crippen molar-refractivity contribution in [3.63, 3.8) is 0 Å². The maximum Gasteiger partial charge on any atom is 0.255 e. The Balaban J connectivity index is 1.69. The van der Waals surface area contributed by atoms with Crippen molar-refractivity contribution in [2.45, 2.75) is 31.8 Å². The fourth-order valence-corrected chi connectivity index (χ4v) is 3.39. The van der Waals surface area contributed by atoms with E-state index in [1.807, 2.05) is 19.1 Å². The molecule has 23 heavy (non-hydrogen) atoms. The summed E-state index contributed by atoms with van der Waals surface area (Å²) in [6.07, 6.45) is 2.69. The predicted octanol–water partition coefficient (Wildman–Crippen LogP) is 2.47. The van der Waals surface area contributed by atoms with E-state index in [2.05, 4.69) is 0 Å². The monoisotopic (exact) mass is 336 g/mol. The number of halogens is 1. The molecule has 1 aromatic carbocycles. The minimum Gasteiger partial charge on any atom is -0.365 e. The van der Waals surface area contributed by atoms with E-state index in [0.29, 0.717) is 31.1 Å². The van der Waals surface area contributed by atoms with Crippen LogP contribution in [0.4, 0.5) is 5.69 Å². The molecule has 3 rings (SSSR count). The summed E-state index contributed by atoms with van der Waals surface area (Å²) in [4.78, 5) is 28.5. The molecule has 6 heteroatoms. The van der Waals surface area contributed by atoms with Crippen molar-refractivity contribution in [2.75, 3.05) is 31.1 Å². The molecule has 124 valence electrons. The lowest BCUT2D eigenvalue weighted by molar-refractivity contribution is -0.163. The van der Waals surface area contributed by atoms with Gasteiger partial charge in [-0.25, -0.2) is 0 Å². The zero-order valence-corrected chi connectivity index (χ0v) is 14.0. The van der Waals surface area contributed by atoms with E-state index in [4.69, 9.17) is 16.3 Å². The van der Waals surface area contributed by atoms with E-state index in [-0.39, 0.29) is 18.4 Å². The molecule has 1 aromatic rings. The van der Waals surface area contributed by atoms with Gasteiger partial charge in [0.1, 0.15) is 12.1 Å². The van der Waals surface area contributed by atoms with Gasteiger partial charge in [-0.1, -0.05) is 17.7 Å². The van der Waals surface area contributed by atoms with E-state index in [1.165, 1.54) is 0 Å². The van der Waals surface area contributed by atoms with E-state index < -0.39 is 5.60 Å². The average Bonchev–Trinajstić information content (AvgIpc) is 2.54. The first-order chi connectivity index (χ1) is 11.0. The van der Waals surface area contributed by atoms with Gasteiger partial charge in [-0.3, -0.25) is 9.59 Å². The Morgan fingerprint density at radius 3 is 2.78 bits per heavy atom. The molecule has 2 saturated heterocycles. The Kier molecular flexibility index (Phi) is 4.60. The van der Waals surface area contributed by atoms with Gasteiger partial charge >= 0.3 is 0 Å². The highest BCUT2D eigenvalue weighted by atomic mass is 35.5. The van der Waals surface area contributed by atoms with Crippen LogP contribution in [-0.2, 0) is 14.3 Å². The van der Waals surface area contributed by atoms with Crippen molar-refractivity contribution < 1.29 is 14.3 Å². The summed E-state index contributed by atoms with van der Waals surface area (Å²) >= 11 is 5.99. The smallest absolute Gasteiger partial charge is 0.255 e. The maximum atomic E-state index is 12.7. The normalized spacial score (nSPS) is 25.6. The number of benzene rings is 1. The second-order valence-corrected chi connectivity index (χ2v) is 6.72. The average molecular weight is 337 g/mol. The third kappa shape index (κ3) is 3.35. The van der Waals surface area contributed by atoms with Crippen molar-refractivity contribution in [1.82, 2.24) is 4.90 Å². The molecule has 5 nitrogen and oxygen atoms in total. The van der Waals surface area contributed by atoms with Gasteiger partial charge in [-0.15, -0.1) is 0 Å². The van der Waals surface area contributed by atoms with E-state index in [1.54, 1.807) is 21.9 Å². The summed E-state index contributed by atoms with van der Waals surface area (Å²) in [7, 11) is 0. The molecule has 2 aliphatic heterocycles. The minimum atomic E-state index is -0.781. The molecular formula is C17H21ClN2O3. The molecule has 2 fully saturated rings. The third-order valence-electron chi connectivity index (χ3n) is 4.55. The summed E-state index contributed by atoms with van der Waals surface area (Å²) in [6.45, 7) is 3.52. The molecule has 0 aromatic heterocycles. The number of amides is 2. The Labute approximate surface area is 141 Å². The van der Waals surface area contributed by atoms with Crippen LogP contribution < -0.4 is 4.90 Å². The summed E-state index contributed by atoms with van der Waals surface area (Å²) in [6, 6.07) is 7.21. The lowest BCUT2D eigenvalue weighted by Crippen LogP contribution is -2.58. The van der Waals surface area contributed by atoms with Crippen LogP contribution in [-0.4, -0.2) is 48.6 Å². The zero-order chi connectivity index (χ0) is 16.4. The number of nitrogens with zero attached hydrogens (tertiary/aromatic N) is 2. The summed E-state index contributed by atoms with van der Waals surface area (Å²) in [5, 5.41) is 0.594. The molecule has 0 bridgehead atoms. The zero-order valence-electron chi connectivity index (χ0n) is 13.3. The molecule has 1 unspecified atom stereocenters. The van der Waals surface area contributed by atoms with Gasteiger partial charge in [0.05, 0.1) is 0 Å². The first kappa shape index (κ1) is 16.3. The van der Waals surface area contributed by atoms with Crippen LogP contribution in [0, 0.1) is 0 Å². The molecule has 2 amide bonds. The number of hydrogen-bond donors (Lipinski definition) is 0. The van der Waals surface area contributed by atoms with Gasteiger partial charge in [0.25, 0.3) is 5.91 Å². The molecular weight excluding hydrogens is 316 g/mol. The molecule has 0 aliphatic carbocycles. The van der Waals surface area contributed by atoms with E-state index >= 15 is 0 Å². The number of ether oxygens (including phenoxy) is 1. The van der Waals surface area contributed by atoms with E-state index in [0.717, 1.165) is 18.5 Å². The van der Waals surface area contributed by atoms with Gasteiger partial charge in [-0.05, 0) is 44.4 Å². The first-order valence-corrected chi connectivity index (χ1v) is 8.37. The van der Waals surface area contributed by atoms with Crippen LogP contribution in [0.2, 0.25) is 5.02 Å². The quantitative estimate of drug-likeness (QED) is 0.833. The Morgan fingerprint density at radius 1 is 1.30 bits per heavy atom. The number of hydrogen-bond acceptors (Lipinski definition) is 3. The lowest BCUT2D eigenvalue weighted by atomic mass is 9.94. The van der Waals surface area contributed by atoms with Crippen LogP contribution >= 0.6 is 11.6 Å². The highest BCUT2D eigenvalue weighted by Crippen LogP contribution is 2.28. The highest BCUT2D eigenvalue weighted by Gasteiger charge is 2.41. The maximum absolute atomic E-state index is 12.7. The van der Waals surface area contributed by atoms with E-state index in [9.17, 15) is 9.59 Å². The largest absolute Gasteiger partial charge is 0.365 e. The molecule has 2 aliphatic rings. The van der Waals surface area contributed by atoms with Crippen molar-refractivity contribution >= 4 is 29.1 Å². The first-order valence-electron chi connectivity index (χ1n) is 7.99. The molecule has 0 saturated carbocycles. The molecule has 0 N–H and O–H groups in total. The SMILES string of the molecule is CC1(C(=O)N2CCN(c3cccc(Cl)c3)C(=O)C2)CCCCO1. The minimum absolute atomic E-state index is 0.0729. The lowest BCUT2D eigenvalue weighted by Gasteiger charge is -2.40. The second kappa shape index (κ2) is 6.49. The Bertz CT molecular complexity index is 614. The van der Waals surface area contributed by atoms with Gasteiger partial charge in [0, 0.05) is 30.4 Å². The molecule has 1 atom stereocenters. The number of anilines is 1. The van der Waals surface area contributed by atoms with Crippen LogP contribution in [0.1, 0.15) is 26.2 Å². The molecule has 2 heterocycles. The van der Waals surface area contributed by atoms with Gasteiger partial charge < -0.3 is 14.5 Å². The second-order valence-electron chi connectivity index (χ2n) is 6.29. The summed E-state index contributed by atoms with van der Waals surface area (Å²) in [5.74, 6) is -0.164. The van der Waals surface area contributed by atoms with Crippen molar-refractivity contribution in [3.8, 4) is 0 Å². The summed E-state index contributed by atoms with van der Waals surface area (Å²) < 4.78 is 5.71. The summed E-state index contributed by atoms with van der Waals surface area (Å²) in [5.41, 5.74) is -0.00810. The fourth-order valence-electron chi connectivity index (χ4n) is 3.20. The Hall–Kier alpha value is -1.59. The molecule has 0 spiro atoms. The van der Waals surface area contributed by atoms with Crippen molar-refractivity contribution in [1.29, 1.82) is 0 Å². The number of rotatable bonds is 2. The standard InChI is InChI=1S/C17H21ClN2O3/c1-17(7-2-3-10-23-17)16(22)19-8-9-20(15(21)12-19)14-6-4-5-13(18)11-14/h4-6,11H,2-3,7-10,12H2,1H3. The highest BCUT2D eigenvalue weighted by molar-refractivity contribution is 6.30. The molecule has 0 radical (unpaired) electrons. The predicted molar refractivity (Wildman–Crippen MR) is 88.6 cm³/mol. The van der Waals surface area contributed by atoms with Gasteiger partial charge in [-0.2, -0.15) is 0 Å². The van der Waals surface area contributed by atoms with Crippen molar-refractivity contribution in [2.24, 2.45) is 0 Å². The van der Waals surface area contributed by atoms with Crippen LogP contribution in [0.3, 0.4) is 0 Å². The fraction of sp³-hybridized carbons (Fsp3) is 0.529. The topological polar surface area (TPSA) is 49.9 Å². The number of carbonyl (C=O) groups is 2. The van der Waals surface area contributed by atoms with Crippen molar-refractivity contribution in [3.05, 3.63) is 29.3 Å². The van der Waals surface area contributed by atoms with Gasteiger partial charge in [0.15, 0.2) is 0 Å². The van der Waals surface area contributed by atoms with Crippen LogP contribution in [0.15, 0.2) is 24.3 Å². The van der Waals surface area contributed by atoms with Crippen LogP contribution in [0.5, 0.6) is 0 Å². The number of piperazine rings is 1. The van der Waals surface area contributed by atoms with Crippen LogP contribution in [0.25, 0.3) is 0 Å². The Morgan fingerprint density at radius 2 is 2.13 bits per heavy atom. The van der Waals surface area contributed by atoms with Gasteiger partial charge in [0.2, 0.25) is 5.91 Å². The third-order valence-corrected chi connectivity index (χ3v) is 4.78. The number of carbonyl (C=O) groups excluding carboxylic acids is 2.